The van der Waals surface area contributed by atoms with Crippen LogP contribution in [0.15, 0.2) is 0 Å². The summed E-state index contributed by atoms with van der Waals surface area (Å²) in [6.07, 6.45) is -0.117. The minimum atomic E-state index is -0.788. The van der Waals surface area contributed by atoms with E-state index < -0.39 is 18.3 Å². The van der Waals surface area contributed by atoms with Gasteiger partial charge in [0.15, 0.2) is 0 Å². The van der Waals surface area contributed by atoms with E-state index in [1.165, 1.54) is 0 Å². The number of hydrogen-bond donors (Lipinski definition) is 4. The molecule has 0 radical (unpaired) electrons. The fraction of sp³-hybridized carbons (Fsp3) is 1.00. The third-order valence-corrected chi connectivity index (χ3v) is 3.37. The van der Waals surface area contributed by atoms with Crippen LogP contribution in [0.1, 0.15) is 19.8 Å². The average molecular weight is 187 g/mol. The first-order valence-electron chi connectivity index (χ1n) is 4.86. The van der Waals surface area contributed by atoms with E-state index in [4.69, 9.17) is 0 Å². The Labute approximate surface area is 77.6 Å². The summed E-state index contributed by atoms with van der Waals surface area (Å²) in [7, 11) is 0. The van der Waals surface area contributed by atoms with Crippen molar-refractivity contribution in [2.75, 3.05) is 6.54 Å². The molecule has 4 heteroatoms. The van der Waals surface area contributed by atoms with E-state index in [0.717, 1.165) is 12.8 Å². The van der Waals surface area contributed by atoms with E-state index in [1.807, 2.05) is 0 Å². The molecule has 1 heterocycles. The van der Waals surface area contributed by atoms with Crippen LogP contribution in [0, 0.1) is 5.92 Å². The maximum absolute atomic E-state index is 9.73. The molecule has 0 aromatic heterocycles. The number of aliphatic hydroxyl groups is 3. The predicted octanol–water partition coefficient (Wildman–Crippen LogP) is -1.16. The van der Waals surface area contributed by atoms with Crippen LogP contribution >= 0.6 is 0 Å². The molecule has 0 bridgehead atoms. The molecule has 1 aliphatic heterocycles. The Kier molecular flexibility index (Phi) is 2.11. The molecule has 1 aliphatic carbocycles. The van der Waals surface area contributed by atoms with Crippen LogP contribution in [0.4, 0.5) is 0 Å². The summed E-state index contributed by atoms with van der Waals surface area (Å²) in [4.78, 5) is 0. The molecule has 4 nitrogen and oxygen atoms in total. The monoisotopic (exact) mass is 187 g/mol. The zero-order chi connectivity index (χ0) is 9.64. The fourth-order valence-electron chi connectivity index (χ4n) is 2.50. The van der Waals surface area contributed by atoms with Crippen molar-refractivity contribution in [1.82, 2.24) is 5.32 Å². The van der Waals surface area contributed by atoms with Gasteiger partial charge in [0.1, 0.15) is 0 Å². The van der Waals surface area contributed by atoms with Gasteiger partial charge in [-0.3, -0.25) is 0 Å². The Hall–Kier alpha value is -0.160. The highest BCUT2D eigenvalue weighted by atomic mass is 16.3. The van der Waals surface area contributed by atoms with Crippen LogP contribution in [-0.2, 0) is 0 Å². The first-order chi connectivity index (χ1) is 6.07. The third kappa shape index (κ3) is 1.38. The largest absolute Gasteiger partial charge is 0.393 e. The van der Waals surface area contributed by atoms with Gasteiger partial charge < -0.3 is 20.6 Å². The molecule has 2 fully saturated rings. The molecule has 4 N–H and O–H groups in total. The first kappa shape index (κ1) is 9.40. The predicted molar refractivity (Wildman–Crippen MR) is 47.2 cm³/mol. The van der Waals surface area contributed by atoms with E-state index in [2.05, 4.69) is 5.32 Å². The van der Waals surface area contributed by atoms with Crippen molar-refractivity contribution < 1.29 is 15.3 Å². The van der Waals surface area contributed by atoms with Crippen molar-refractivity contribution in [1.29, 1.82) is 0 Å². The quantitative estimate of drug-likeness (QED) is 0.418. The Bertz CT molecular complexity index is 203. The lowest BCUT2D eigenvalue weighted by atomic mass is 9.81. The maximum Gasteiger partial charge on any atom is 0.0927 e. The highest BCUT2D eigenvalue weighted by Gasteiger charge is 2.57. The van der Waals surface area contributed by atoms with Crippen molar-refractivity contribution >= 4 is 0 Å². The second-order valence-electron chi connectivity index (χ2n) is 4.36. The van der Waals surface area contributed by atoms with Gasteiger partial charge in [-0.2, -0.15) is 0 Å². The van der Waals surface area contributed by atoms with Crippen molar-refractivity contribution in [3.05, 3.63) is 0 Å². The van der Waals surface area contributed by atoms with Gasteiger partial charge in [0.05, 0.1) is 18.3 Å². The number of nitrogens with one attached hydrogen (secondary N) is 1. The smallest absolute Gasteiger partial charge is 0.0927 e. The summed E-state index contributed by atoms with van der Waals surface area (Å²) < 4.78 is 0. The van der Waals surface area contributed by atoms with Gasteiger partial charge in [0.25, 0.3) is 0 Å². The van der Waals surface area contributed by atoms with E-state index in [9.17, 15) is 15.3 Å². The molecule has 0 aromatic rings. The van der Waals surface area contributed by atoms with Crippen molar-refractivity contribution in [2.24, 2.45) is 5.92 Å². The Morgan fingerprint density at radius 1 is 1.38 bits per heavy atom. The Morgan fingerprint density at radius 3 is 2.46 bits per heavy atom. The van der Waals surface area contributed by atoms with Crippen molar-refractivity contribution in [2.45, 2.75) is 43.6 Å². The molecule has 1 saturated carbocycles. The molecular formula is C9H17NO3. The molecule has 1 unspecified atom stereocenters. The number of aliphatic hydroxyl groups excluding tert-OH is 3. The van der Waals surface area contributed by atoms with Crippen LogP contribution in [-0.4, -0.2) is 45.7 Å². The maximum atomic E-state index is 9.73. The van der Waals surface area contributed by atoms with Crippen LogP contribution in [0.3, 0.4) is 0 Å². The summed E-state index contributed by atoms with van der Waals surface area (Å²) in [5.41, 5.74) is -0.0905. The van der Waals surface area contributed by atoms with Gasteiger partial charge >= 0.3 is 0 Å². The molecule has 76 valence electrons. The summed E-state index contributed by atoms with van der Waals surface area (Å²) >= 11 is 0. The lowest BCUT2D eigenvalue weighted by molar-refractivity contribution is -0.0932. The van der Waals surface area contributed by atoms with E-state index >= 15 is 0 Å². The van der Waals surface area contributed by atoms with E-state index in [-0.39, 0.29) is 11.5 Å². The highest BCUT2D eigenvalue weighted by Crippen LogP contribution is 2.47. The van der Waals surface area contributed by atoms with Crippen LogP contribution < -0.4 is 5.32 Å². The number of β-amino-alcohol motifs (C(OH)–C–C–N with tert-alkyl or cyclic N) is 1. The zero-order valence-electron chi connectivity index (χ0n) is 7.77. The average Bonchev–Trinajstić information content (AvgIpc) is 2.79. The second kappa shape index (κ2) is 2.92. The summed E-state index contributed by atoms with van der Waals surface area (Å²) in [6.45, 7) is 2.11. The van der Waals surface area contributed by atoms with Gasteiger partial charge in [-0.1, -0.05) is 0 Å². The lowest BCUT2D eigenvalue weighted by Gasteiger charge is -2.41. The molecule has 1 saturated heterocycles. The third-order valence-electron chi connectivity index (χ3n) is 3.37. The van der Waals surface area contributed by atoms with Crippen molar-refractivity contribution in [3.63, 3.8) is 0 Å². The molecule has 0 aromatic carbocycles. The fourth-order valence-corrected chi connectivity index (χ4v) is 2.50. The molecule has 13 heavy (non-hydrogen) atoms. The minimum Gasteiger partial charge on any atom is -0.393 e. The standard InChI is InChI=1S/C9H17NO3/c1-5(11)7-8(13)6(12)4-10-9(7)2-3-9/h5-8,10-13H,2-4H2,1H3/t5-,6-,7?,8+/m1/s1. The van der Waals surface area contributed by atoms with Crippen molar-refractivity contribution in [3.8, 4) is 0 Å². The lowest BCUT2D eigenvalue weighted by Crippen LogP contribution is -2.61. The number of piperidine rings is 1. The minimum absolute atomic E-state index is 0.0905. The Morgan fingerprint density at radius 2 is 2.00 bits per heavy atom. The molecular weight excluding hydrogens is 170 g/mol. The topological polar surface area (TPSA) is 72.7 Å². The summed E-state index contributed by atoms with van der Waals surface area (Å²) in [5.74, 6) is -0.226. The molecule has 4 atom stereocenters. The van der Waals surface area contributed by atoms with Gasteiger partial charge in [-0.15, -0.1) is 0 Å². The normalized spacial score (nSPS) is 44.8. The number of rotatable bonds is 1. The van der Waals surface area contributed by atoms with Gasteiger partial charge in [-0.05, 0) is 19.8 Å². The van der Waals surface area contributed by atoms with Gasteiger partial charge in [-0.25, -0.2) is 0 Å². The van der Waals surface area contributed by atoms with Gasteiger partial charge in [0.2, 0.25) is 0 Å². The molecule has 1 spiro atoms. The van der Waals surface area contributed by atoms with Crippen LogP contribution in [0.5, 0.6) is 0 Å². The number of hydrogen-bond acceptors (Lipinski definition) is 4. The van der Waals surface area contributed by atoms with Crippen LogP contribution in [0.2, 0.25) is 0 Å². The highest BCUT2D eigenvalue weighted by molar-refractivity contribution is 5.14. The second-order valence-corrected chi connectivity index (χ2v) is 4.36. The molecule has 2 rings (SSSR count). The SMILES string of the molecule is C[C@@H](O)C1[C@@H](O)[C@H](O)CNC12CC2. The zero-order valence-corrected chi connectivity index (χ0v) is 7.77. The summed E-state index contributed by atoms with van der Waals surface area (Å²) in [5, 5.41) is 31.9. The molecule has 2 aliphatic rings. The van der Waals surface area contributed by atoms with Gasteiger partial charge in [0, 0.05) is 18.0 Å². The molecule has 0 amide bonds. The first-order valence-corrected chi connectivity index (χ1v) is 4.86. The Balaban J connectivity index is 2.16. The van der Waals surface area contributed by atoms with E-state index in [1.54, 1.807) is 6.92 Å². The summed E-state index contributed by atoms with van der Waals surface area (Å²) in [6, 6.07) is 0. The van der Waals surface area contributed by atoms with E-state index in [0.29, 0.717) is 6.54 Å². The van der Waals surface area contributed by atoms with Crippen LogP contribution in [0.25, 0.3) is 0 Å².